The van der Waals surface area contributed by atoms with Crippen molar-refractivity contribution in [1.29, 1.82) is 0 Å². The fraction of sp³-hybridized carbons (Fsp3) is 0.308. The topological polar surface area (TPSA) is 38.0 Å². The molecular weight excluding hydrogens is 340 g/mol. The molecule has 0 amide bonds. The van der Waals surface area contributed by atoms with Crippen LogP contribution in [-0.4, -0.2) is 6.04 Å². The third kappa shape index (κ3) is 9.27. The first-order valence-corrected chi connectivity index (χ1v) is 9.99. The van der Waals surface area contributed by atoms with Gasteiger partial charge < -0.3 is 11.1 Å². The standard InChI is InChI=1S/C24H32N2.C2H6/c1-7-21-17-22(25)15-16-23(21)20(6)13-9-11-19(5)12-10-14-24(18(3)4)26-8-2;1-2/h8-12,14-17,24,26H,2-3,6-7,13,25H2,1,4-5H3;1-2H3/b11-9-,14-10+,19-12-;. The lowest BCUT2D eigenvalue weighted by molar-refractivity contribution is 0.798. The van der Waals surface area contributed by atoms with E-state index in [0.717, 1.165) is 29.7 Å². The van der Waals surface area contributed by atoms with Gasteiger partial charge in [-0.1, -0.05) is 88.1 Å². The number of benzene rings is 1. The molecule has 0 aliphatic carbocycles. The highest BCUT2D eigenvalue weighted by atomic mass is 14.9. The Morgan fingerprint density at radius 2 is 1.89 bits per heavy atom. The van der Waals surface area contributed by atoms with E-state index >= 15 is 0 Å². The summed E-state index contributed by atoms with van der Waals surface area (Å²) >= 11 is 0. The van der Waals surface area contributed by atoms with Crippen molar-refractivity contribution in [2.45, 2.75) is 53.5 Å². The second-order valence-electron chi connectivity index (χ2n) is 6.47. The quantitative estimate of drug-likeness (QED) is 0.261. The van der Waals surface area contributed by atoms with Crippen LogP contribution < -0.4 is 11.1 Å². The molecule has 0 spiro atoms. The molecule has 2 nitrogen and oxygen atoms in total. The molecule has 2 heteroatoms. The zero-order valence-electron chi connectivity index (χ0n) is 18.4. The third-order valence-electron chi connectivity index (χ3n) is 4.13. The minimum atomic E-state index is 0.110. The average Bonchev–Trinajstić information content (AvgIpc) is 2.68. The Kier molecular flexibility index (Phi) is 12.9. The van der Waals surface area contributed by atoms with Crippen molar-refractivity contribution in [2.75, 3.05) is 5.73 Å². The molecule has 0 aliphatic rings. The minimum absolute atomic E-state index is 0.110. The van der Waals surface area contributed by atoms with Gasteiger partial charge in [-0.05, 0) is 61.7 Å². The summed E-state index contributed by atoms with van der Waals surface area (Å²) in [6.45, 7) is 22.1. The maximum absolute atomic E-state index is 5.88. The van der Waals surface area contributed by atoms with Crippen molar-refractivity contribution in [3.63, 3.8) is 0 Å². The Hall–Kier alpha value is -2.74. The molecule has 1 aromatic rings. The van der Waals surface area contributed by atoms with E-state index in [1.807, 2.05) is 39.0 Å². The maximum atomic E-state index is 5.88. The van der Waals surface area contributed by atoms with Gasteiger partial charge in [0, 0.05) is 5.69 Å². The maximum Gasteiger partial charge on any atom is 0.0650 e. The fourth-order valence-corrected chi connectivity index (χ4v) is 2.61. The highest BCUT2D eigenvalue weighted by molar-refractivity contribution is 5.69. The summed E-state index contributed by atoms with van der Waals surface area (Å²) in [5, 5.41) is 3.16. The number of hydrogen-bond acceptors (Lipinski definition) is 2. The zero-order chi connectivity index (χ0) is 21.5. The molecule has 1 rings (SSSR count). The van der Waals surface area contributed by atoms with E-state index in [0.29, 0.717) is 0 Å². The van der Waals surface area contributed by atoms with E-state index in [2.05, 4.69) is 69.3 Å². The Labute approximate surface area is 172 Å². The molecule has 0 radical (unpaired) electrons. The first-order valence-electron chi connectivity index (χ1n) is 9.99. The Morgan fingerprint density at radius 1 is 1.21 bits per heavy atom. The van der Waals surface area contributed by atoms with Crippen molar-refractivity contribution < 1.29 is 0 Å². The molecule has 1 aromatic carbocycles. The molecule has 0 saturated carbocycles. The lowest BCUT2D eigenvalue weighted by atomic mass is 9.96. The number of rotatable bonds is 10. The van der Waals surface area contributed by atoms with Crippen LogP contribution in [0.2, 0.25) is 0 Å². The predicted molar refractivity (Wildman–Crippen MR) is 129 cm³/mol. The second kappa shape index (κ2) is 14.3. The van der Waals surface area contributed by atoms with Crippen molar-refractivity contribution in [1.82, 2.24) is 5.32 Å². The monoisotopic (exact) mass is 378 g/mol. The van der Waals surface area contributed by atoms with E-state index in [1.54, 1.807) is 6.20 Å². The van der Waals surface area contributed by atoms with Crippen LogP contribution in [0.4, 0.5) is 5.69 Å². The first kappa shape index (κ1) is 25.3. The van der Waals surface area contributed by atoms with Crippen LogP contribution in [0.15, 0.2) is 85.7 Å². The largest absolute Gasteiger partial charge is 0.399 e. The Balaban J connectivity index is 0.00000352. The van der Waals surface area contributed by atoms with Crippen molar-refractivity contribution in [3.8, 4) is 0 Å². The summed E-state index contributed by atoms with van der Waals surface area (Å²) in [4.78, 5) is 0. The summed E-state index contributed by atoms with van der Waals surface area (Å²) < 4.78 is 0. The lowest BCUT2D eigenvalue weighted by Crippen LogP contribution is -2.21. The molecule has 28 heavy (non-hydrogen) atoms. The van der Waals surface area contributed by atoms with E-state index in [-0.39, 0.29) is 6.04 Å². The van der Waals surface area contributed by atoms with Gasteiger partial charge in [-0.3, -0.25) is 0 Å². The van der Waals surface area contributed by atoms with Crippen LogP contribution in [0.3, 0.4) is 0 Å². The normalized spacial score (nSPS) is 12.4. The van der Waals surface area contributed by atoms with E-state index in [9.17, 15) is 0 Å². The van der Waals surface area contributed by atoms with E-state index < -0.39 is 0 Å². The molecule has 1 unspecified atom stereocenters. The third-order valence-corrected chi connectivity index (χ3v) is 4.13. The van der Waals surface area contributed by atoms with E-state index in [4.69, 9.17) is 5.73 Å². The fourth-order valence-electron chi connectivity index (χ4n) is 2.61. The molecule has 0 fully saturated rings. The summed E-state index contributed by atoms with van der Waals surface area (Å²) in [6.07, 6.45) is 13.9. The van der Waals surface area contributed by atoms with Gasteiger partial charge in [0.1, 0.15) is 0 Å². The molecule has 0 saturated heterocycles. The van der Waals surface area contributed by atoms with Crippen molar-refractivity contribution >= 4 is 11.3 Å². The molecule has 0 bridgehead atoms. The summed E-state index contributed by atoms with van der Waals surface area (Å²) in [7, 11) is 0. The lowest BCUT2D eigenvalue weighted by Gasteiger charge is -2.11. The van der Waals surface area contributed by atoms with Gasteiger partial charge in [0.2, 0.25) is 0 Å². The minimum Gasteiger partial charge on any atom is -0.399 e. The number of anilines is 1. The Bertz CT molecular complexity index is 733. The number of nitrogens with one attached hydrogen (secondary N) is 1. The van der Waals surface area contributed by atoms with Crippen LogP contribution in [0, 0.1) is 0 Å². The van der Waals surface area contributed by atoms with Crippen molar-refractivity contribution in [2.24, 2.45) is 0 Å². The van der Waals surface area contributed by atoms with Gasteiger partial charge in [-0.2, -0.15) is 0 Å². The van der Waals surface area contributed by atoms with Gasteiger partial charge in [-0.25, -0.2) is 0 Å². The molecule has 152 valence electrons. The van der Waals surface area contributed by atoms with Crippen LogP contribution in [-0.2, 0) is 6.42 Å². The second-order valence-corrected chi connectivity index (χ2v) is 6.47. The number of nitrogen functional groups attached to an aromatic ring is 1. The summed E-state index contributed by atoms with van der Waals surface area (Å²) in [5.74, 6) is 0. The molecule has 0 aromatic heterocycles. The highest BCUT2D eigenvalue weighted by Gasteiger charge is 2.04. The first-order chi connectivity index (χ1) is 13.4. The number of hydrogen-bond donors (Lipinski definition) is 2. The molecule has 0 aliphatic heterocycles. The summed E-state index contributed by atoms with van der Waals surface area (Å²) in [5.41, 5.74) is 12.5. The predicted octanol–water partition coefficient (Wildman–Crippen LogP) is 7.00. The zero-order valence-corrected chi connectivity index (χ0v) is 18.4. The van der Waals surface area contributed by atoms with Gasteiger partial charge in [-0.15, -0.1) is 0 Å². The van der Waals surface area contributed by atoms with Crippen LogP contribution in [0.1, 0.15) is 52.2 Å². The van der Waals surface area contributed by atoms with Gasteiger partial charge in [0.15, 0.2) is 0 Å². The smallest absolute Gasteiger partial charge is 0.0650 e. The van der Waals surface area contributed by atoms with Crippen LogP contribution in [0.25, 0.3) is 5.57 Å². The van der Waals surface area contributed by atoms with Crippen LogP contribution in [0.5, 0.6) is 0 Å². The molecule has 3 N–H and O–H groups in total. The molecule has 1 atom stereocenters. The summed E-state index contributed by atoms with van der Waals surface area (Å²) in [6, 6.07) is 6.16. The SMILES string of the molecule is C=CNC(/C=C/C=C(C)\C=C/CC(=C)c1ccc(N)cc1CC)C(=C)C.CC. The van der Waals surface area contributed by atoms with Gasteiger partial charge in [0.05, 0.1) is 6.04 Å². The number of allylic oxidation sites excluding steroid dienone is 6. The Morgan fingerprint density at radius 3 is 2.46 bits per heavy atom. The van der Waals surface area contributed by atoms with Gasteiger partial charge in [0.25, 0.3) is 0 Å². The highest BCUT2D eigenvalue weighted by Crippen LogP contribution is 2.24. The number of aryl methyl sites for hydroxylation is 1. The number of nitrogens with two attached hydrogens (primary N) is 1. The molecular formula is C26H38N2. The van der Waals surface area contributed by atoms with Crippen LogP contribution >= 0.6 is 0 Å². The van der Waals surface area contributed by atoms with E-state index in [1.165, 1.54) is 16.7 Å². The average molecular weight is 379 g/mol. The molecule has 0 heterocycles. The van der Waals surface area contributed by atoms with Gasteiger partial charge >= 0.3 is 0 Å². The van der Waals surface area contributed by atoms with Crippen molar-refractivity contribution in [3.05, 3.63) is 96.8 Å².